The topological polar surface area (TPSA) is 36.7 Å². The Morgan fingerprint density at radius 1 is 1.62 bits per heavy atom. The maximum Gasteiger partial charge on any atom is 0.100 e. The van der Waals surface area contributed by atoms with Crippen molar-refractivity contribution in [3.05, 3.63) is 23.9 Å². The SMILES string of the molecule is CSc1ncccc1C1(C#N)CC1. The van der Waals surface area contributed by atoms with Crippen LogP contribution in [-0.4, -0.2) is 11.2 Å². The number of nitrogens with zero attached hydrogens (tertiary/aromatic N) is 2. The zero-order chi connectivity index (χ0) is 9.31. The highest BCUT2D eigenvalue weighted by atomic mass is 32.2. The lowest BCUT2D eigenvalue weighted by molar-refractivity contribution is 0.848. The van der Waals surface area contributed by atoms with Crippen LogP contribution in [0.3, 0.4) is 0 Å². The van der Waals surface area contributed by atoms with E-state index in [-0.39, 0.29) is 5.41 Å². The van der Waals surface area contributed by atoms with Crippen molar-refractivity contribution >= 4 is 11.8 Å². The summed E-state index contributed by atoms with van der Waals surface area (Å²) in [5.41, 5.74) is 0.914. The zero-order valence-corrected chi connectivity index (χ0v) is 8.27. The van der Waals surface area contributed by atoms with Crippen LogP contribution in [0.25, 0.3) is 0 Å². The second-order valence-corrected chi connectivity index (χ2v) is 4.05. The first kappa shape index (κ1) is 8.58. The minimum absolute atomic E-state index is 0.202. The summed E-state index contributed by atoms with van der Waals surface area (Å²) in [6, 6.07) is 6.32. The maximum absolute atomic E-state index is 9.04. The second-order valence-electron chi connectivity index (χ2n) is 3.25. The van der Waals surface area contributed by atoms with Crippen LogP contribution in [0.2, 0.25) is 0 Å². The standard InChI is InChI=1S/C10H10N2S/c1-13-9-8(3-2-6-12-9)10(7-11)4-5-10/h2-3,6H,4-5H2,1H3. The predicted molar refractivity (Wildman–Crippen MR) is 52.5 cm³/mol. The molecule has 0 N–H and O–H groups in total. The average Bonchev–Trinajstić information content (AvgIpc) is 2.98. The highest BCUT2D eigenvalue weighted by Crippen LogP contribution is 2.49. The molecule has 1 aliphatic carbocycles. The molecule has 1 fully saturated rings. The normalized spacial score (nSPS) is 17.8. The summed E-state index contributed by atoms with van der Waals surface area (Å²) in [5, 5.41) is 10.0. The molecule has 0 radical (unpaired) electrons. The molecule has 0 bridgehead atoms. The van der Waals surface area contributed by atoms with Gasteiger partial charge in [0.05, 0.1) is 11.5 Å². The maximum atomic E-state index is 9.04. The summed E-state index contributed by atoms with van der Waals surface area (Å²) in [5.74, 6) is 0. The molecule has 0 spiro atoms. The van der Waals surface area contributed by atoms with Gasteiger partial charge in [-0.2, -0.15) is 5.26 Å². The van der Waals surface area contributed by atoms with Gasteiger partial charge in [0.1, 0.15) is 5.03 Å². The van der Waals surface area contributed by atoms with Crippen molar-refractivity contribution in [2.75, 3.05) is 6.26 Å². The highest BCUT2D eigenvalue weighted by molar-refractivity contribution is 7.98. The van der Waals surface area contributed by atoms with E-state index in [1.165, 1.54) is 0 Å². The fraction of sp³-hybridized carbons (Fsp3) is 0.400. The Kier molecular flexibility index (Phi) is 2.01. The smallest absolute Gasteiger partial charge is 0.100 e. The van der Waals surface area contributed by atoms with Crippen LogP contribution in [0.15, 0.2) is 23.4 Å². The van der Waals surface area contributed by atoms with Crippen molar-refractivity contribution in [2.24, 2.45) is 0 Å². The molecule has 0 unspecified atom stereocenters. The quantitative estimate of drug-likeness (QED) is 0.672. The summed E-state index contributed by atoms with van der Waals surface area (Å²) < 4.78 is 0. The molecule has 13 heavy (non-hydrogen) atoms. The number of thioether (sulfide) groups is 1. The zero-order valence-electron chi connectivity index (χ0n) is 7.45. The third-order valence-corrected chi connectivity index (χ3v) is 3.16. The molecule has 1 saturated carbocycles. The van der Waals surface area contributed by atoms with Gasteiger partial charge in [-0.15, -0.1) is 11.8 Å². The van der Waals surface area contributed by atoms with E-state index in [1.807, 2.05) is 18.4 Å². The number of rotatable bonds is 2. The van der Waals surface area contributed by atoms with Gasteiger partial charge in [0, 0.05) is 11.8 Å². The number of pyridine rings is 1. The lowest BCUT2D eigenvalue weighted by Gasteiger charge is -2.09. The molecule has 2 rings (SSSR count). The van der Waals surface area contributed by atoms with Gasteiger partial charge in [-0.3, -0.25) is 0 Å². The van der Waals surface area contributed by atoms with Crippen molar-refractivity contribution in [3.63, 3.8) is 0 Å². The molecular formula is C10H10N2S. The molecule has 66 valence electrons. The van der Waals surface area contributed by atoms with E-state index in [4.69, 9.17) is 5.26 Å². The Morgan fingerprint density at radius 3 is 2.92 bits per heavy atom. The van der Waals surface area contributed by atoms with Crippen LogP contribution in [0.5, 0.6) is 0 Å². The monoisotopic (exact) mass is 190 g/mol. The third-order valence-electron chi connectivity index (χ3n) is 2.44. The lowest BCUT2D eigenvalue weighted by Crippen LogP contribution is -2.05. The van der Waals surface area contributed by atoms with E-state index in [2.05, 4.69) is 11.1 Å². The fourth-order valence-corrected chi connectivity index (χ4v) is 2.13. The van der Waals surface area contributed by atoms with Crippen LogP contribution in [0.4, 0.5) is 0 Å². The van der Waals surface area contributed by atoms with Gasteiger partial charge in [-0.05, 0) is 25.2 Å². The summed E-state index contributed by atoms with van der Waals surface area (Å²) in [6.07, 6.45) is 5.76. The summed E-state index contributed by atoms with van der Waals surface area (Å²) in [4.78, 5) is 4.26. The molecule has 1 aromatic rings. The molecule has 2 nitrogen and oxygen atoms in total. The molecule has 0 saturated heterocycles. The molecule has 0 aromatic carbocycles. The highest BCUT2D eigenvalue weighted by Gasteiger charge is 2.46. The van der Waals surface area contributed by atoms with Crippen LogP contribution in [-0.2, 0) is 5.41 Å². The largest absolute Gasteiger partial charge is 0.250 e. The van der Waals surface area contributed by atoms with E-state index in [0.717, 1.165) is 23.4 Å². The number of hydrogen-bond acceptors (Lipinski definition) is 3. The van der Waals surface area contributed by atoms with Crippen molar-refractivity contribution in [1.29, 1.82) is 5.26 Å². The molecule has 1 heterocycles. The van der Waals surface area contributed by atoms with Gasteiger partial charge in [-0.25, -0.2) is 4.98 Å². The van der Waals surface area contributed by atoms with Crippen LogP contribution >= 0.6 is 11.8 Å². The fourth-order valence-electron chi connectivity index (χ4n) is 1.48. The van der Waals surface area contributed by atoms with E-state index < -0.39 is 0 Å². The van der Waals surface area contributed by atoms with Crippen molar-refractivity contribution in [1.82, 2.24) is 4.98 Å². The molecule has 0 amide bonds. The van der Waals surface area contributed by atoms with E-state index >= 15 is 0 Å². The van der Waals surface area contributed by atoms with E-state index in [9.17, 15) is 0 Å². The predicted octanol–water partition coefficient (Wildman–Crippen LogP) is 2.36. The Labute approximate surface area is 82.0 Å². The van der Waals surface area contributed by atoms with Crippen molar-refractivity contribution in [3.8, 4) is 6.07 Å². The third kappa shape index (κ3) is 1.31. The van der Waals surface area contributed by atoms with Gasteiger partial charge in [0.25, 0.3) is 0 Å². The summed E-state index contributed by atoms with van der Waals surface area (Å²) in [7, 11) is 0. The second kappa shape index (κ2) is 3.04. The first-order valence-electron chi connectivity index (χ1n) is 4.23. The average molecular weight is 190 g/mol. The van der Waals surface area contributed by atoms with Crippen LogP contribution in [0.1, 0.15) is 18.4 Å². The molecule has 0 atom stereocenters. The number of aromatic nitrogens is 1. The number of hydrogen-bond donors (Lipinski definition) is 0. The Bertz CT molecular complexity index is 363. The molecule has 0 aliphatic heterocycles. The Balaban J connectivity index is 2.46. The Morgan fingerprint density at radius 2 is 2.38 bits per heavy atom. The summed E-state index contributed by atoms with van der Waals surface area (Å²) in [6.45, 7) is 0. The van der Waals surface area contributed by atoms with Gasteiger partial charge in [0.2, 0.25) is 0 Å². The van der Waals surface area contributed by atoms with Gasteiger partial charge in [0.15, 0.2) is 0 Å². The number of nitriles is 1. The van der Waals surface area contributed by atoms with Crippen molar-refractivity contribution < 1.29 is 0 Å². The van der Waals surface area contributed by atoms with Gasteiger partial charge < -0.3 is 0 Å². The molecule has 1 aromatic heterocycles. The van der Waals surface area contributed by atoms with Crippen molar-refractivity contribution in [2.45, 2.75) is 23.3 Å². The van der Waals surface area contributed by atoms with Crippen LogP contribution < -0.4 is 0 Å². The Hall–Kier alpha value is -1.01. The van der Waals surface area contributed by atoms with Gasteiger partial charge >= 0.3 is 0 Å². The first-order chi connectivity index (χ1) is 6.32. The summed E-state index contributed by atoms with van der Waals surface area (Å²) >= 11 is 1.62. The van der Waals surface area contributed by atoms with Gasteiger partial charge in [-0.1, -0.05) is 6.07 Å². The molecule has 3 heteroatoms. The molecular weight excluding hydrogens is 180 g/mol. The lowest BCUT2D eigenvalue weighted by atomic mass is 10.0. The van der Waals surface area contributed by atoms with E-state index in [1.54, 1.807) is 18.0 Å². The molecule has 1 aliphatic rings. The van der Waals surface area contributed by atoms with E-state index in [0.29, 0.717) is 0 Å². The minimum atomic E-state index is -0.202. The minimum Gasteiger partial charge on any atom is -0.250 e. The first-order valence-corrected chi connectivity index (χ1v) is 5.45. The van der Waals surface area contributed by atoms with Crippen LogP contribution in [0, 0.1) is 11.3 Å².